The fraction of sp³-hybridized carbons (Fsp3) is 0.952. The predicted octanol–water partition coefficient (Wildman–Crippen LogP) is 3.52. The Morgan fingerprint density at radius 2 is 1.61 bits per heavy atom. The number of unbranched alkanes of at least 4 members (excludes halogenated alkanes) is 7. The summed E-state index contributed by atoms with van der Waals surface area (Å²) in [5.41, 5.74) is 0. The molecule has 0 saturated heterocycles. The number of ether oxygens (including phenoxy) is 2. The van der Waals surface area contributed by atoms with Gasteiger partial charge in [0.25, 0.3) is 0 Å². The Labute approximate surface area is 188 Å². The number of carbonyl (C=O) groups excluding carboxylic acids is 1. The molecular weight excluding hydrogens is 425 g/mol. The monoisotopic (exact) mass is 469 g/mol. The highest BCUT2D eigenvalue weighted by molar-refractivity contribution is 7.47. The van der Waals surface area contributed by atoms with Crippen molar-refractivity contribution in [2.24, 2.45) is 0 Å². The Morgan fingerprint density at radius 1 is 1.00 bits per heavy atom. The molecule has 31 heavy (non-hydrogen) atoms. The van der Waals surface area contributed by atoms with Gasteiger partial charge in [0.15, 0.2) is 6.10 Å². The SMILES string of the molecule is CCCCCCCCCCC(OC)C(=O)OCC(O)COP(=O)(O)OCCN(C)CC. The standard InChI is InChI=1S/C21H44NO8P/c1-5-7-8-9-10-11-12-13-14-20(27-4)21(24)28-17-19(23)18-30-31(25,26)29-16-15-22(3)6-2/h19-20,23H,5-18H2,1-4H3,(H,25,26). The summed E-state index contributed by atoms with van der Waals surface area (Å²) in [4.78, 5) is 23.6. The number of esters is 1. The Kier molecular flexibility index (Phi) is 18.6. The minimum atomic E-state index is -4.27. The Balaban J connectivity index is 3.98. The van der Waals surface area contributed by atoms with E-state index >= 15 is 0 Å². The van der Waals surface area contributed by atoms with Crippen molar-refractivity contribution in [1.82, 2.24) is 4.90 Å². The molecule has 9 nitrogen and oxygen atoms in total. The first-order chi connectivity index (χ1) is 14.8. The number of hydrogen-bond donors (Lipinski definition) is 2. The van der Waals surface area contributed by atoms with E-state index in [0.29, 0.717) is 13.0 Å². The van der Waals surface area contributed by atoms with Crippen LogP contribution in [0.25, 0.3) is 0 Å². The van der Waals surface area contributed by atoms with Gasteiger partial charge in [-0.2, -0.15) is 0 Å². The Bertz CT molecular complexity index is 494. The minimum absolute atomic E-state index is 0.0253. The lowest BCUT2D eigenvalue weighted by Crippen LogP contribution is -2.30. The highest BCUT2D eigenvalue weighted by Gasteiger charge is 2.24. The maximum atomic E-state index is 12.1. The first-order valence-corrected chi connectivity index (χ1v) is 12.9. The molecule has 3 unspecified atom stereocenters. The number of aliphatic hydroxyl groups excluding tert-OH is 1. The average Bonchev–Trinajstić information content (AvgIpc) is 2.74. The van der Waals surface area contributed by atoms with Crippen molar-refractivity contribution in [3.05, 3.63) is 0 Å². The van der Waals surface area contributed by atoms with Crippen LogP contribution in [-0.2, 0) is 27.9 Å². The van der Waals surface area contributed by atoms with Gasteiger partial charge in [-0.1, -0.05) is 65.2 Å². The lowest BCUT2D eigenvalue weighted by atomic mass is 10.1. The van der Waals surface area contributed by atoms with E-state index in [1.54, 1.807) is 0 Å². The van der Waals surface area contributed by atoms with Gasteiger partial charge in [-0.05, 0) is 20.0 Å². The molecule has 0 rings (SSSR count). The number of hydrogen-bond acceptors (Lipinski definition) is 8. The van der Waals surface area contributed by atoms with Crippen molar-refractivity contribution < 1.29 is 37.9 Å². The second-order valence-corrected chi connectivity index (χ2v) is 9.22. The molecule has 2 N–H and O–H groups in total. The second kappa shape index (κ2) is 19.0. The fourth-order valence-electron chi connectivity index (χ4n) is 2.80. The van der Waals surface area contributed by atoms with Gasteiger partial charge in [-0.25, -0.2) is 9.36 Å². The first kappa shape index (κ1) is 30.5. The molecule has 0 amide bonds. The van der Waals surface area contributed by atoms with Gasteiger partial charge in [-0.15, -0.1) is 0 Å². The molecular formula is C21H44NO8P. The molecule has 0 spiro atoms. The van der Waals surface area contributed by atoms with Crippen LogP contribution in [0.2, 0.25) is 0 Å². The number of phosphoric acid groups is 1. The quantitative estimate of drug-likeness (QED) is 0.148. The number of rotatable bonds is 21. The predicted molar refractivity (Wildman–Crippen MR) is 120 cm³/mol. The highest BCUT2D eigenvalue weighted by Crippen LogP contribution is 2.43. The molecule has 0 saturated carbocycles. The van der Waals surface area contributed by atoms with Gasteiger partial charge in [0.2, 0.25) is 0 Å². The molecule has 0 bridgehead atoms. The largest absolute Gasteiger partial charge is 0.472 e. The Morgan fingerprint density at radius 3 is 2.19 bits per heavy atom. The van der Waals surface area contributed by atoms with Crippen molar-refractivity contribution in [2.75, 3.05) is 47.1 Å². The summed E-state index contributed by atoms with van der Waals surface area (Å²) in [6.07, 6.45) is 7.95. The normalized spacial score (nSPS) is 15.6. The second-order valence-electron chi connectivity index (χ2n) is 7.77. The van der Waals surface area contributed by atoms with Crippen LogP contribution >= 0.6 is 7.82 Å². The van der Waals surface area contributed by atoms with Crippen molar-refractivity contribution in [3.8, 4) is 0 Å². The molecule has 3 atom stereocenters. The molecule has 0 aliphatic carbocycles. The van der Waals surface area contributed by atoms with E-state index in [1.165, 1.54) is 39.2 Å². The van der Waals surface area contributed by atoms with Crippen LogP contribution in [-0.4, -0.2) is 80.1 Å². The molecule has 0 aromatic heterocycles. The van der Waals surface area contributed by atoms with Gasteiger partial charge in [0, 0.05) is 13.7 Å². The molecule has 0 aliphatic heterocycles. The zero-order valence-corrected chi connectivity index (χ0v) is 20.7. The number of aliphatic hydroxyl groups is 1. The zero-order chi connectivity index (χ0) is 23.5. The van der Waals surface area contributed by atoms with Gasteiger partial charge in [-0.3, -0.25) is 9.05 Å². The van der Waals surface area contributed by atoms with E-state index in [-0.39, 0.29) is 13.2 Å². The molecule has 0 aromatic rings. The van der Waals surface area contributed by atoms with E-state index in [9.17, 15) is 19.4 Å². The fourth-order valence-corrected chi connectivity index (χ4v) is 3.55. The van der Waals surface area contributed by atoms with E-state index in [0.717, 1.165) is 25.8 Å². The molecule has 10 heteroatoms. The number of methoxy groups -OCH3 is 1. The van der Waals surface area contributed by atoms with Crippen LogP contribution in [0.5, 0.6) is 0 Å². The maximum absolute atomic E-state index is 12.1. The summed E-state index contributed by atoms with van der Waals surface area (Å²) in [6.45, 7) is 4.60. The van der Waals surface area contributed by atoms with Gasteiger partial charge < -0.3 is 24.4 Å². The third-order valence-corrected chi connectivity index (χ3v) is 5.97. The smallest absolute Gasteiger partial charge is 0.461 e. The van der Waals surface area contributed by atoms with Crippen molar-refractivity contribution >= 4 is 13.8 Å². The van der Waals surface area contributed by atoms with E-state index < -0.39 is 32.6 Å². The number of likely N-dealkylation sites (N-methyl/N-ethyl adjacent to an activating group) is 1. The number of nitrogens with zero attached hydrogens (tertiary/aromatic N) is 1. The summed E-state index contributed by atoms with van der Waals surface area (Å²) < 4.78 is 31.6. The summed E-state index contributed by atoms with van der Waals surface area (Å²) in [5.74, 6) is -0.560. The molecule has 186 valence electrons. The lowest BCUT2D eigenvalue weighted by molar-refractivity contribution is -0.159. The molecule has 0 heterocycles. The average molecular weight is 470 g/mol. The van der Waals surface area contributed by atoms with E-state index in [2.05, 4.69) is 6.92 Å². The van der Waals surface area contributed by atoms with Crippen molar-refractivity contribution in [3.63, 3.8) is 0 Å². The summed E-state index contributed by atoms with van der Waals surface area (Å²) >= 11 is 0. The molecule has 0 fully saturated rings. The highest BCUT2D eigenvalue weighted by atomic mass is 31.2. The van der Waals surface area contributed by atoms with Crippen LogP contribution in [0.4, 0.5) is 0 Å². The lowest BCUT2D eigenvalue weighted by Gasteiger charge is -2.18. The topological polar surface area (TPSA) is 115 Å². The van der Waals surface area contributed by atoms with Crippen LogP contribution < -0.4 is 0 Å². The van der Waals surface area contributed by atoms with E-state index in [4.69, 9.17) is 18.5 Å². The first-order valence-electron chi connectivity index (χ1n) is 11.4. The molecule has 0 aliphatic rings. The molecule has 0 aromatic carbocycles. The maximum Gasteiger partial charge on any atom is 0.472 e. The summed E-state index contributed by atoms with van der Waals surface area (Å²) in [5, 5.41) is 9.86. The van der Waals surface area contributed by atoms with Gasteiger partial charge in [0.1, 0.15) is 12.7 Å². The zero-order valence-electron chi connectivity index (χ0n) is 19.8. The van der Waals surface area contributed by atoms with Crippen molar-refractivity contribution in [1.29, 1.82) is 0 Å². The van der Waals surface area contributed by atoms with Crippen LogP contribution in [0.3, 0.4) is 0 Å². The van der Waals surface area contributed by atoms with Crippen LogP contribution in [0.1, 0.15) is 71.6 Å². The Hall–Kier alpha value is -0.540. The third-order valence-electron chi connectivity index (χ3n) is 4.98. The van der Waals surface area contributed by atoms with Crippen LogP contribution in [0.15, 0.2) is 0 Å². The van der Waals surface area contributed by atoms with Gasteiger partial charge in [0.05, 0.1) is 13.2 Å². The van der Waals surface area contributed by atoms with Crippen molar-refractivity contribution in [2.45, 2.75) is 83.8 Å². The third kappa shape index (κ3) is 17.7. The van der Waals surface area contributed by atoms with Crippen LogP contribution in [0, 0.1) is 0 Å². The van der Waals surface area contributed by atoms with E-state index in [1.807, 2.05) is 18.9 Å². The molecule has 0 radical (unpaired) electrons. The number of carbonyl (C=O) groups is 1. The number of phosphoric ester groups is 1. The minimum Gasteiger partial charge on any atom is -0.461 e. The summed E-state index contributed by atoms with van der Waals surface area (Å²) in [6, 6.07) is 0. The summed E-state index contributed by atoms with van der Waals surface area (Å²) in [7, 11) is -0.964. The van der Waals surface area contributed by atoms with Gasteiger partial charge >= 0.3 is 13.8 Å².